The quantitative estimate of drug-likeness (QED) is 0.475. The van der Waals surface area contributed by atoms with E-state index >= 15 is 0 Å². The van der Waals surface area contributed by atoms with Gasteiger partial charge in [-0.2, -0.15) is 0 Å². The van der Waals surface area contributed by atoms with Crippen LogP contribution in [0.15, 0.2) is 12.1 Å². The van der Waals surface area contributed by atoms with Gasteiger partial charge in [0.15, 0.2) is 0 Å². The van der Waals surface area contributed by atoms with E-state index in [0.29, 0.717) is 5.54 Å². The summed E-state index contributed by atoms with van der Waals surface area (Å²) in [6.07, 6.45) is 1.16. The maximum atomic E-state index is 3.98. The molecular weight excluding hydrogens is 133 g/mol. The predicted molar refractivity (Wildman–Crippen MR) is 51.0 cm³/mol. The minimum atomic E-state index is 0.303. The van der Waals surface area contributed by atoms with Crippen molar-refractivity contribution in [1.29, 1.82) is 0 Å². The number of hydrogen-bond acceptors (Lipinski definition) is 1. The largest absolute Gasteiger partial charge is 0.296 e. The van der Waals surface area contributed by atoms with Gasteiger partial charge in [-0.3, -0.25) is 4.90 Å². The molecule has 1 radical (unpaired) electrons. The zero-order chi connectivity index (χ0) is 8.48. The fourth-order valence-corrected chi connectivity index (χ4v) is 1.39. The van der Waals surface area contributed by atoms with Crippen LogP contribution in [0.3, 0.4) is 0 Å². The predicted octanol–water partition coefficient (Wildman–Crippen LogP) is 1.74. The van der Waals surface area contributed by atoms with Crippen molar-refractivity contribution in [2.45, 2.75) is 32.6 Å². The number of rotatable bonds is 0. The Morgan fingerprint density at radius 2 is 2.09 bits per heavy atom. The van der Waals surface area contributed by atoms with Crippen molar-refractivity contribution in [3.05, 3.63) is 12.1 Å². The molecule has 1 heterocycles. The van der Waals surface area contributed by atoms with Crippen LogP contribution < -0.4 is 0 Å². The van der Waals surface area contributed by atoms with Gasteiger partial charge in [0.1, 0.15) is 7.28 Å². The third-order valence-corrected chi connectivity index (χ3v) is 2.17. The molecule has 0 saturated carbocycles. The molecular formula is C9H17BN. The highest BCUT2D eigenvalue weighted by atomic mass is 15.2. The number of hydrogen-bond donors (Lipinski definition) is 0. The second kappa shape index (κ2) is 3.02. The third-order valence-electron chi connectivity index (χ3n) is 2.17. The summed E-state index contributed by atoms with van der Waals surface area (Å²) >= 11 is 0. The van der Waals surface area contributed by atoms with E-state index in [1.807, 2.05) is 0 Å². The first kappa shape index (κ1) is 8.86. The number of nitrogens with zero attached hydrogens (tertiary/aromatic N) is 1. The molecule has 0 spiro atoms. The Morgan fingerprint density at radius 1 is 1.45 bits per heavy atom. The summed E-state index contributed by atoms with van der Waals surface area (Å²) < 4.78 is 0. The SMILES string of the molecule is C=C1[B]CCN(C(C)(C)C)C1. The summed E-state index contributed by atoms with van der Waals surface area (Å²) in [6, 6.07) is 0. The highest BCUT2D eigenvalue weighted by Crippen LogP contribution is 2.18. The third kappa shape index (κ3) is 2.37. The van der Waals surface area contributed by atoms with Gasteiger partial charge in [0.2, 0.25) is 0 Å². The Bertz CT molecular complexity index is 157. The van der Waals surface area contributed by atoms with Crippen LogP contribution in [0.2, 0.25) is 6.32 Å². The van der Waals surface area contributed by atoms with E-state index in [1.54, 1.807) is 0 Å². The zero-order valence-corrected chi connectivity index (χ0v) is 7.85. The Labute approximate surface area is 70.7 Å². The summed E-state index contributed by atoms with van der Waals surface area (Å²) in [5.41, 5.74) is 1.57. The average molecular weight is 150 g/mol. The molecule has 0 bridgehead atoms. The topological polar surface area (TPSA) is 3.24 Å². The summed E-state index contributed by atoms with van der Waals surface area (Å²) in [5.74, 6) is 0. The van der Waals surface area contributed by atoms with Gasteiger partial charge in [-0.15, -0.1) is 12.1 Å². The van der Waals surface area contributed by atoms with E-state index in [2.05, 4.69) is 39.5 Å². The molecule has 0 atom stereocenters. The molecule has 2 heteroatoms. The van der Waals surface area contributed by atoms with E-state index in [4.69, 9.17) is 0 Å². The molecule has 11 heavy (non-hydrogen) atoms. The van der Waals surface area contributed by atoms with Crippen LogP contribution in [-0.4, -0.2) is 30.8 Å². The first-order chi connectivity index (χ1) is 5.00. The van der Waals surface area contributed by atoms with Crippen molar-refractivity contribution in [3.63, 3.8) is 0 Å². The van der Waals surface area contributed by atoms with Gasteiger partial charge in [-0.25, -0.2) is 0 Å². The molecule has 0 aromatic carbocycles. The molecule has 0 N–H and O–H groups in total. The fourth-order valence-electron chi connectivity index (χ4n) is 1.39. The molecule has 0 aromatic heterocycles. The molecule has 1 saturated heterocycles. The van der Waals surface area contributed by atoms with Crippen molar-refractivity contribution in [2.24, 2.45) is 0 Å². The molecule has 1 aliphatic heterocycles. The van der Waals surface area contributed by atoms with Crippen molar-refractivity contribution in [2.75, 3.05) is 13.1 Å². The van der Waals surface area contributed by atoms with Crippen molar-refractivity contribution < 1.29 is 0 Å². The van der Waals surface area contributed by atoms with Gasteiger partial charge in [0, 0.05) is 12.1 Å². The van der Waals surface area contributed by atoms with Crippen molar-refractivity contribution in [3.8, 4) is 0 Å². The standard InChI is InChI=1S/C9H17BN/c1-8-7-11(6-5-10-8)9(2,3)4/h1,5-7H2,2-4H3. The van der Waals surface area contributed by atoms with Crippen LogP contribution in [0.25, 0.3) is 0 Å². The molecule has 1 fully saturated rings. The van der Waals surface area contributed by atoms with Gasteiger partial charge >= 0.3 is 0 Å². The maximum Gasteiger partial charge on any atom is 0.148 e. The van der Waals surface area contributed by atoms with Gasteiger partial charge in [0.25, 0.3) is 0 Å². The van der Waals surface area contributed by atoms with Gasteiger partial charge < -0.3 is 0 Å². The smallest absolute Gasteiger partial charge is 0.148 e. The molecule has 0 aromatic rings. The van der Waals surface area contributed by atoms with Crippen molar-refractivity contribution >= 4 is 7.28 Å². The first-order valence-electron chi connectivity index (χ1n) is 4.26. The molecule has 0 aliphatic carbocycles. The van der Waals surface area contributed by atoms with Crippen LogP contribution in [-0.2, 0) is 0 Å². The lowest BCUT2D eigenvalue weighted by Gasteiger charge is -2.39. The lowest BCUT2D eigenvalue weighted by molar-refractivity contribution is 0.157. The average Bonchev–Trinajstić information content (AvgIpc) is 1.86. The molecule has 1 rings (SSSR count). The minimum absolute atomic E-state index is 0.303. The molecule has 1 nitrogen and oxygen atoms in total. The van der Waals surface area contributed by atoms with Crippen LogP contribution in [0.4, 0.5) is 0 Å². The zero-order valence-electron chi connectivity index (χ0n) is 7.85. The lowest BCUT2D eigenvalue weighted by atomic mass is 9.64. The minimum Gasteiger partial charge on any atom is -0.296 e. The van der Waals surface area contributed by atoms with E-state index in [-0.39, 0.29) is 0 Å². The van der Waals surface area contributed by atoms with Gasteiger partial charge in [-0.1, -0.05) is 6.32 Å². The van der Waals surface area contributed by atoms with Gasteiger partial charge in [-0.05, 0) is 27.3 Å². The highest BCUT2D eigenvalue weighted by Gasteiger charge is 2.23. The van der Waals surface area contributed by atoms with Crippen LogP contribution in [0.1, 0.15) is 20.8 Å². The van der Waals surface area contributed by atoms with E-state index in [1.165, 1.54) is 12.0 Å². The summed E-state index contributed by atoms with van der Waals surface area (Å²) in [5, 5.41) is 0. The summed E-state index contributed by atoms with van der Waals surface area (Å²) in [4.78, 5) is 2.47. The van der Waals surface area contributed by atoms with Gasteiger partial charge in [0.05, 0.1) is 0 Å². The normalized spacial score (nSPS) is 21.5. The maximum absolute atomic E-state index is 3.98. The summed E-state index contributed by atoms with van der Waals surface area (Å²) in [6.45, 7) is 13.0. The second-order valence-corrected chi connectivity index (χ2v) is 4.24. The molecule has 0 amide bonds. The van der Waals surface area contributed by atoms with Crippen LogP contribution in [0, 0.1) is 0 Å². The second-order valence-electron chi connectivity index (χ2n) is 4.24. The Morgan fingerprint density at radius 3 is 2.45 bits per heavy atom. The lowest BCUT2D eigenvalue weighted by Crippen LogP contribution is -2.46. The molecule has 61 valence electrons. The van der Waals surface area contributed by atoms with Crippen LogP contribution in [0.5, 0.6) is 0 Å². The monoisotopic (exact) mass is 150 g/mol. The fraction of sp³-hybridized carbons (Fsp3) is 0.778. The van der Waals surface area contributed by atoms with Crippen molar-refractivity contribution in [1.82, 2.24) is 4.90 Å². The summed E-state index contributed by atoms with van der Waals surface area (Å²) in [7, 11) is 2.24. The Balaban J connectivity index is 2.53. The van der Waals surface area contributed by atoms with Crippen LogP contribution >= 0.6 is 0 Å². The van der Waals surface area contributed by atoms with E-state index in [0.717, 1.165) is 12.9 Å². The molecule has 0 unspecified atom stereocenters. The Hall–Kier alpha value is -0.235. The first-order valence-corrected chi connectivity index (χ1v) is 4.26. The van der Waals surface area contributed by atoms with E-state index < -0.39 is 0 Å². The highest BCUT2D eigenvalue weighted by molar-refractivity contribution is 6.45. The Kier molecular flexibility index (Phi) is 2.43. The molecule has 1 aliphatic rings. The van der Waals surface area contributed by atoms with E-state index in [9.17, 15) is 0 Å².